The van der Waals surface area contributed by atoms with Gasteiger partial charge in [0.25, 0.3) is 0 Å². The highest BCUT2D eigenvalue weighted by atomic mass is 32.2. The number of carboxylic acids is 1. The number of carbonyl (C=O) groups excluding carboxylic acids is 1. The Hall–Kier alpha value is -2.42. The lowest BCUT2D eigenvalue weighted by molar-refractivity contribution is -0.142. The summed E-state index contributed by atoms with van der Waals surface area (Å²) in [6.45, 7) is 10.5. The molecule has 0 saturated carbocycles. The number of thioether (sulfide) groups is 1. The molecule has 0 spiro atoms. The fraction of sp³-hybridized carbons (Fsp3) is 0.565. The Morgan fingerprint density at radius 1 is 1.26 bits per heavy atom. The van der Waals surface area contributed by atoms with Crippen LogP contribution < -0.4 is 10.1 Å². The number of benzene rings is 1. The lowest BCUT2D eigenvalue weighted by Crippen LogP contribution is -2.61. The van der Waals surface area contributed by atoms with Gasteiger partial charge in [-0.05, 0) is 65.8 Å². The number of hydrogen-bond acceptors (Lipinski definition) is 7. The van der Waals surface area contributed by atoms with Crippen LogP contribution in [0, 0.1) is 11.8 Å². The third-order valence-corrected chi connectivity index (χ3v) is 8.15. The molecule has 2 N–H and O–H groups in total. The van der Waals surface area contributed by atoms with Crippen molar-refractivity contribution in [3.8, 4) is 17.6 Å². The Morgan fingerprint density at radius 3 is 2.41 bits per heavy atom. The maximum absolute atomic E-state index is 13.5. The largest absolute Gasteiger partial charge is 0.481 e. The third kappa shape index (κ3) is 7.29. The monoisotopic (exact) mass is 512 g/mol. The highest BCUT2D eigenvalue weighted by Crippen LogP contribution is 2.42. The zero-order valence-electron chi connectivity index (χ0n) is 20.2. The van der Waals surface area contributed by atoms with Gasteiger partial charge in [0.1, 0.15) is 24.0 Å². The van der Waals surface area contributed by atoms with Gasteiger partial charge >= 0.3 is 12.1 Å². The minimum Gasteiger partial charge on any atom is -0.481 e. The molecule has 1 amide bonds. The van der Waals surface area contributed by atoms with Gasteiger partial charge in [-0.25, -0.2) is 13.2 Å². The third-order valence-electron chi connectivity index (χ3n) is 4.83. The molecule has 1 aromatic rings. The summed E-state index contributed by atoms with van der Waals surface area (Å²) in [4.78, 5) is 24.2. The van der Waals surface area contributed by atoms with E-state index in [1.807, 2.05) is 0 Å². The summed E-state index contributed by atoms with van der Waals surface area (Å²) in [7, 11) is -4.16. The van der Waals surface area contributed by atoms with Crippen molar-refractivity contribution in [2.45, 2.75) is 68.1 Å². The van der Waals surface area contributed by atoms with Gasteiger partial charge in [0, 0.05) is 23.1 Å². The molecule has 1 fully saturated rings. The Balaban J connectivity index is 2.27. The predicted octanol–water partition coefficient (Wildman–Crippen LogP) is 2.95. The van der Waals surface area contributed by atoms with E-state index in [4.69, 9.17) is 9.47 Å². The SMILES string of the molecule is CC#CCOc1ccc(S(=O)(=O)N2C[C@H](CNC(=O)OC(C)(C)C)SC(C)(C)[C@@H]2C(=O)O)cc1. The molecule has 34 heavy (non-hydrogen) atoms. The molecule has 1 aliphatic rings. The first-order valence-electron chi connectivity index (χ1n) is 10.7. The van der Waals surface area contributed by atoms with Gasteiger partial charge < -0.3 is 19.9 Å². The van der Waals surface area contributed by atoms with Gasteiger partial charge in [-0.15, -0.1) is 17.7 Å². The molecule has 1 heterocycles. The molecule has 9 nitrogen and oxygen atoms in total. The van der Waals surface area contributed by atoms with E-state index in [-0.39, 0.29) is 29.8 Å². The molecule has 0 aliphatic carbocycles. The minimum atomic E-state index is -4.16. The number of aliphatic carboxylic acids is 1. The summed E-state index contributed by atoms with van der Waals surface area (Å²) in [5, 5.41) is 12.2. The Labute approximate surface area is 205 Å². The molecule has 1 aromatic carbocycles. The van der Waals surface area contributed by atoms with Gasteiger partial charge in [0.15, 0.2) is 0 Å². The van der Waals surface area contributed by atoms with Crippen LogP contribution in [0.25, 0.3) is 0 Å². The van der Waals surface area contributed by atoms with E-state index < -0.39 is 38.5 Å². The van der Waals surface area contributed by atoms with Crippen LogP contribution in [0.2, 0.25) is 0 Å². The average Bonchev–Trinajstić information content (AvgIpc) is 2.70. The molecule has 1 aliphatic heterocycles. The quantitative estimate of drug-likeness (QED) is 0.535. The zero-order valence-corrected chi connectivity index (χ0v) is 21.9. The summed E-state index contributed by atoms with van der Waals surface area (Å²) >= 11 is 1.32. The van der Waals surface area contributed by atoms with Crippen molar-refractivity contribution in [1.29, 1.82) is 0 Å². The molecular formula is C23H32N2O7S2. The van der Waals surface area contributed by atoms with E-state index in [0.29, 0.717) is 5.75 Å². The number of alkyl carbamates (subject to hydrolysis) is 1. The first-order valence-corrected chi connectivity index (χ1v) is 13.0. The first kappa shape index (κ1) is 27.8. The molecular weight excluding hydrogens is 480 g/mol. The number of sulfonamides is 1. The number of carboxylic acid groups (broad SMARTS) is 1. The second-order valence-corrected chi connectivity index (χ2v) is 13.1. The molecule has 0 bridgehead atoms. The Bertz CT molecular complexity index is 1050. The van der Waals surface area contributed by atoms with Crippen molar-refractivity contribution in [2.75, 3.05) is 19.7 Å². The van der Waals surface area contributed by atoms with Crippen molar-refractivity contribution >= 4 is 33.8 Å². The smallest absolute Gasteiger partial charge is 0.407 e. The van der Waals surface area contributed by atoms with E-state index in [1.54, 1.807) is 41.5 Å². The number of nitrogens with one attached hydrogen (secondary N) is 1. The number of amides is 1. The van der Waals surface area contributed by atoms with Crippen LogP contribution >= 0.6 is 11.8 Å². The first-order chi connectivity index (χ1) is 15.7. The molecule has 2 atom stereocenters. The Kier molecular flexibility index (Phi) is 8.91. The van der Waals surface area contributed by atoms with Crippen LogP contribution in [0.4, 0.5) is 4.79 Å². The van der Waals surface area contributed by atoms with Gasteiger partial charge in [0.2, 0.25) is 10.0 Å². The van der Waals surface area contributed by atoms with Crippen molar-refractivity contribution in [2.24, 2.45) is 0 Å². The summed E-state index contributed by atoms with van der Waals surface area (Å²) in [5.41, 5.74) is -0.675. The average molecular weight is 513 g/mol. The van der Waals surface area contributed by atoms with Crippen LogP contribution in [-0.2, 0) is 19.6 Å². The molecule has 2 rings (SSSR count). The standard InChI is InChI=1S/C23H32N2O7S2/c1-7-8-13-31-16-9-11-18(12-10-16)34(29,30)25-15-17(14-24-21(28)32-22(2,3)4)33-23(5,6)19(25)20(26)27/h9-12,17,19H,13-15H2,1-6H3,(H,24,28)(H,26,27)/t17-,19-/m0/s1. The van der Waals surface area contributed by atoms with Crippen LogP contribution in [0.15, 0.2) is 29.2 Å². The highest BCUT2D eigenvalue weighted by molar-refractivity contribution is 8.01. The molecule has 11 heteroatoms. The number of carbonyl (C=O) groups is 2. The summed E-state index contributed by atoms with van der Waals surface area (Å²) < 4.78 is 37.7. The second kappa shape index (κ2) is 10.9. The highest BCUT2D eigenvalue weighted by Gasteiger charge is 2.51. The van der Waals surface area contributed by atoms with Crippen LogP contribution in [0.3, 0.4) is 0 Å². The molecule has 1 saturated heterocycles. The fourth-order valence-electron chi connectivity index (χ4n) is 3.49. The summed E-state index contributed by atoms with van der Waals surface area (Å²) in [6, 6.07) is 4.48. The topological polar surface area (TPSA) is 122 Å². The van der Waals surface area contributed by atoms with E-state index >= 15 is 0 Å². The summed E-state index contributed by atoms with van der Waals surface area (Å²) in [5.74, 6) is 4.67. The van der Waals surface area contributed by atoms with Crippen LogP contribution in [0.1, 0.15) is 41.5 Å². The number of rotatable bonds is 7. The molecule has 0 aromatic heterocycles. The fourth-order valence-corrected chi connectivity index (χ4v) is 7.03. The van der Waals surface area contributed by atoms with Crippen LogP contribution in [-0.4, -0.2) is 71.2 Å². The molecule has 188 valence electrons. The van der Waals surface area contributed by atoms with Crippen molar-refractivity contribution in [3.63, 3.8) is 0 Å². The van der Waals surface area contributed by atoms with Crippen LogP contribution in [0.5, 0.6) is 5.75 Å². The zero-order chi connectivity index (χ0) is 25.7. The maximum Gasteiger partial charge on any atom is 0.407 e. The van der Waals surface area contributed by atoms with Crippen molar-refractivity contribution < 1.29 is 32.6 Å². The molecule has 0 unspecified atom stereocenters. The Morgan fingerprint density at radius 2 is 1.88 bits per heavy atom. The lowest BCUT2D eigenvalue weighted by Gasteiger charge is -2.46. The molecule has 0 radical (unpaired) electrons. The van der Waals surface area contributed by atoms with Crippen molar-refractivity contribution in [1.82, 2.24) is 9.62 Å². The van der Waals surface area contributed by atoms with E-state index in [2.05, 4.69) is 17.2 Å². The lowest BCUT2D eigenvalue weighted by atomic mass is 10.0. The van der Waals surface area contributed by atoms with E-state index in [1.165, 1.54) is 36.0 Å². The summed E-state index contributed by atoms with van der Waals surface area (Å²) in [6.07, 6.45) is -0.621. The normalized spacial score (nSPS) is 20.5. The van der Waals surface area contributed by atoms with Gasteiger partial charge in [0.05, 0.1) is 4.90 Å². The van der Waals surface area contributed by atoms with E-state index in [9.17, 15) is 23.1 Å². The second-order valence-electron chi connectivity index (χ2n) is 9.23. The van der Waals surface area contributed by atoms with E-state index in [0.717, 1.165) is 4.31 Å². The van der Waals surface area contributed by atoms with Crippen molar-refractivity contribution in [3.05, 3.63) is 24.3 Å². The minimum absolute atomic E-state index is 0.0470. The maximum atomic E-state index is 13.5. The number of nitrogens with zero attached hydrogens (tertiary/aromatic N) is 1. The number of hydrogen-bond donors (Lipinski definition) is 2. The van der Waals surface area contributed by atoms with Gasteiger partial charge in [-0.3, -0.25) is 4.79 Å². The van der Waals surface area contributed by atoms with Gasteiger partial charge in [-0.2, -0.15) is 4.31 Å². The predicted molar refractivity (Wildman–Crippen MR) is 130 cm³/mol. The van der Waals surface area contributed by atoms with Gasteiger partial charge in [-0.1, -0.05) is 5.92 Å². The number of ether oxygens (including phenoxy) is 2.